The summed E-state index contributed by atoms with van der Waals surface area (Å²) < 4.78 is 55.7. The first-order chi connectivity index (χ1) is 15.6. The average molecular weight is 464 g/mol. The van der Waals surface area contributed by atoms with E-state index in [1.54, 1.807) is 0 Å². The molecule has 0 spiro atoms. The third-order valence-corrected chi connectivity index (χ3v) is 4.59. The lowest BCUT2D eigenvalue weighted by atomic mass is 10.1. The first-order valence-corrected chi connectivity index (χ1v) is 9.27. The summed E-state index contributed by atoms with van der Waals surface area (Å²) in [5.41, 5.74) is 4.31. The van der Waals surface area contributed by atoms with E-state index in [0.717, 1.165) is 16.8 Å². The predicted octanol–water partition coefficient (Wildman–Crippen LogP) is 3.27. The fourth-order valence-electron chi connectivity index (χ4n) is 2.99. The second-order valence-corrected chi connectivity index (χ2v) is 6.61. The van der Waals surface area contributed by atoms with Crippen LogP contribution in [0.15, 0.2) is 42.6 Å². The number of nitrogens with one attached hydrogen (secondary N) is 1. The van der Waals surface area contributed by atoms with Crippen LogP contribution >= 0.6 is 0 Å². The van der Waals surface area contributed by atoms with Crippen LogP contribution in [0.4, 0.5) is 18.9 Å². The number of nitrogens with two attached hydrogens (primary N) is 1. The van der Waals surface area contributed by atoms with Gasteiger partial charge in [-0.2, -0.15) is 18.3 Å². The Bertz CT molecular complexity index is 1210. The summed E-state index contributed by atoms with van der Waals surface area (Å²) in [5, 5.41) is 6.56. The number of nitrogens with zero attached hydrogens (tertiary/aromatic N) is 2. The molecular weight excluding hydrogens is 445 g/mol. The fraction of sp³-hybridized carbons (Fsp3) is 0.190. The minimum Gasteiger partial charge on any atom is -0.493 e. The number of hydrogen-bond donors (Lipinski definition) is 2. The van der Waals surface area contributed by atoms with Crippen LogP contribution in [0.2, 0.25) is 0 Å². The molecule has 0 atom stereocenters. The SMILES string of the molecule is COc1cc(NC(=O)c2nn(-c3cccc(C(F)(F)F)c3)cc2OC)c(C(N)=O)cc1OC. The maximum Gasteiger partial charge on any atom is 0.416 e. The van der Waals surface area contributed by atoms with Crippen LogP contribution < -0.4 is 25.3 Å². The zero-order chi connectivity index (χ0) is 24.3. The summed E-state index contributed by atoms with van der Waals surface area (Å²) in [7, 11) is 4.01. The van der Waals surface area contributed by atoms with Crippen LogP contribution in [0.25, 0.3) is 5.69 Å². The fourth-order valence-corrected chi connectivity index (χ4v) is 2.99. The molecule has 1 aromatic heterocycles. The van der Waals surface area contributed by atoms with Gasteiger partial charge in [0.1, 0.15) is 0 Å². The lowest BCUT2D eigenvalue weighted by molar-refractivity contribution is -0.137. The Morgan fingerprint density at radius 1 is 1.00 bits per heavy atom. The number of halogens is 3. The first-order valence-electron chi connectivity index (χ1n) is 9.27. The number of rotatable bonds is 7. The molecule has 33 heavy (non-hydrogen) atoms. The van der Waals surface area contributed by atoms with E-state index in [1.807, 2.05) is 0 Å². The molecule has 0 saturated heterocycles. The van der Waals surface area contributed by atoms with Crippen LogP contribution in [0.1, 0.15) is 26.4 Å². The summed E-state index contributed by atoms with van der Waals surface area (Å²) in [6, 6.07) is 7.05. The molecule has 1 heterocycles. The second kappa shape index (κ2) is 9.10. The maximum absolute atomic E-state index is 13.0. The van der Waals surface area contributed by atoms with Gasteiger partial charge in [-0.05, 0) is 24.3 Å². The molecule has 2 aromatic carbocycles. The van der Waals surface area contributed by atoms with Crippen molar-refractivity contribution < 1.29 is 37.0 Å². The van der Waals surface area contributed by atoms with Crippen molar-refractivity contribution in [1.82, 2.24) is 9.78 Å². The van der Waals surface area contributed by atoms with E-state index < -0.39 is 23.6 Å². The van der Waals surface area contributed by atoms with Gasteiger partial charge in [0.05, 0.1) is 50.0 Å². The molecule has 2 amide bonds. The smallest absolute Gasteiger partial charge is 0.416 e. The van der Waals surface area contributed by atoms with Gasteiger partial charge in [-0.15, -0.1) is 0 Å². The second-order valence-electron chi connectivity index (χ2n) is 6.61. The number of primary amides is 1. The lowest BCUT2D eigenvalue weighted by Crippen LogP contribution is -2.19. The van der Waals surface area contributed by atoms with Gasteiger partial charge in [-0.3, -0.25) is 9.59 Å². The highest BCUT2D eigenvalue weighted by atomic mass is 19.4. The molecule has 0 bridgehead atoms. The molecule has 12 heteroatoms. The molecule has 3 N–H and O–H groups in total. The minimum absolute atomic E-state index is 0.00832. The Labute approximate surface area is 185 Å². The van der Waals surface area contributed by atoms with Crippen LogP contribution in [-0.2, 0) is 6.18 Å². The van der Waals surface area contributed by atoms with Gasteiger partial charge in [-0.25, -0.2) is 4.68 Å². The highest BCUT2D eigenvalue weighted by Gasteiger charge is 2.31. The van der Waals surface area contributed by atoms with E-state index in [4.69, 9.17) is 19.9 Å². The van der Waals surface area contributed by atoms with Gasteiger partial charge in [0, 0.05) is 6.07 Å². The molecule has 174 valence electrons. The van der Waals surface area contributed by atoms with Crippen LogP contribution in [0.5, 0.6) is 17.2 Å². The molecule has 0 aliphatic rings. The summed E-state index contributed by atoms with van der Waals surface area (Å²) in [4.78, 5) is 24.8. The Morgan fingerprint density at radius 3 is 2.21 bits per heavy atom. The number of anilines is 1. The van der Waals surface area contributed by atoms with Crippen molar-refractivity contribution in [3.63, 3.8) is 0 Å². The van der Waals surface area contributed by atoms with Gasteiger partial charge >= 0.3 is 6.18 Å². The predicted molar refractivity (Wildman–Crippen MR) is 111 cm³/mol. The zero-order valence-electron chi connectivity index (χ0n) is 17.7. The number of aromatic nitrogens is 2. The standard InChI is InChI=1S/C21H19F3N4O5/c1-31-15-8-13(19(25)29)14(9-16(15)32-2)26-20(30)18-17(33-3)10-28(27-18)12-6-4-5-11(7-12)21(22,23)24/h4-10H,1-3H3,(H2,25,29)(H,26,30). The molecule has 3 rings (SSSR count). The Morgan fingerprint density at radius 2 is 1.64 bits per heavy atom. The Kier molecular flexibility index (Phi) is 6.47. The number of methoxy groups -OCH3 is 3. The van der Waals surface area contributed by atoms with E-state index in [9.17, 15) is 22.8 Å². The number of ether oxygens (including phenoxy) is 3. The number of alkyl halides is 3. The van der Waals surface area contributed by atoms with Crippen molar-refractivity contribution in [3.05, 3.63) is 59.4 Å². The van der Waals surface area contributed by atoms with Crippen LogP contribution in [0.3, 0.4) is 0 Å². The van der Waals surface area contributed by atoms with Gasteiger partial charge < -0.3 is 25.3 Å². The third-order valence-electron chi connectivity index (χ3n) is 4.59. The molecule has 0 radical (unpaired) electrons. The average Bonchev–Trinajstić information content (AvgIpc) is 3.23. The zero-order valence-corrected chi connectivity index (χ0v) is 17.7. The van der Waals surface area contributed by atoms with Crippen molar-refractivity contribution in [2.45, 2.75) is 6.18 Å². The Balaban J connectivity index is 2.00. The molecule has 0 fully saturated rings. The minimum atomic E-state index is -4.55. The summed E-state index contributed by atoms with van der Waals surface area (Å²) in [6.07, 6.45) is -3.29. The Hall–Kier alpha value is -4.22. The van der Waals surface area contributed by atoms with E-state index in [2.05, 4.69) is 10.4 Å². The first kappa shape index (κ1) is 23.4. The topological polar surface area (TPSA) is 118 Å². The van der Waals surface area contributed by atoms with Crippen molar-refractivity contribution in [3.8, 4) is 22.9 Å². The number of hydrogen-bond acceptors (Lipinski definition) is 6. The lowest BCUT2D eigenvalue weighted by Gasteiger charge is -2.14. The van der Waals surface area contributed by atoms with Crippen molar-refractivity contribution in [1.29, 1.82) is 0 Å². The maximum atomic E-state index is 13.0. The summed E-state index contributed by atoms with van der Waals surface area (Å²) in [5.74, 6) is -1.21. The van der Waals surface area contributed by atoms with Gasteiger partial charge in [0.2, 0.25) is 0 Å². The summed E-state index contributed by atoms with van der Waals surface area (Å²) in [6.45, 7) is 0. The molecule has 0 aliphatic carbocycles. The number of carbonyl (C=O) groups excluding carboxylic acids is 2. The third kappa shape index (κ3) is 4.84. The molecule has 9 nitrogen and oxygen atoms in total. The van der Waals surface area contributed by atoms with Gasteiger partial charge in [-0.1, -0.05) is 6.07 Å². The molecule has 0 saturated carbocycles. The molecular formula is C21H19F3N4O5. The van der Waals surface area contributed by atoms with Crippen molar-refractivity contribution in [2.75, 3.05) is 26.6 Å². The monoisotopic (exact) mass is 464 g/mol. The largest absolute Gasteiger partial charge is 0.493 e. The number of carbonyl (C=O) groups is 2. The highest BCUT2D eigenvalue weighted by Crippen LogP contribution is 2.34. The van der Waals surface area contributed by atoms with Crippen molar-refractivity contribution >= 4 is 17.5 Å². The van der Waals surface area contributed by atoms with Crippen LogP contribution in [-0.4, -0.2) is 42.9 Å². The van der Waals surface area contributed by atoms with Crippen molar-refractivity contribution in [2.24, 2.45) is 5.73 Å². The van der Waals surface area contributed by atoms with E-state index in [1.165, 1.54) is 51.8 Å². The van der Waals surface area contributed by atoms with E-state index in [0.29, 0.717) is 0 Å². The number of benzene rings is 2. The summed E-state index contributed by atoms with van der Waals surface area (Å²) >= 11 is 0. The molecule has 3 aromatic rings. The van der Waals surface area contributed by atoms with Crippen LogP contribution in [0, 0.1) is 0 Å². The highest BCUT2D eigenvalue weighted by molar-refractivity contribution is 6.09. The molecule has 0 aliphatic heterocycles. The normalized spacial score (nSPS) is 11.1. The van der Waals surface area contributed by atoms with Gasteiger partial charge in [0.15, 0.2) is 22.9 Å². The number of amides is 2. The quantitative estimate of drug-likeness (QED) is 0.554. The van der Waals surface area contributed by atoms with Gasteiger partial charge in [0.25, 0.3) is 11.8 Å². The van der Waals surface area contributed by atoms with E-state index in [-0.39, 0.29) is 39.9 Å². The molecule has 0 unspecified atom stereocenters. The van der Waals surface area contributed by atoms with E-state index >= 15 is 0 Å².